The highest BCUT2D eigenvalue weighted by Gasteiger charge is 2.28. The molecule has 2 amide bonds. The molecule has 5 heteroatoms. The zero-order valence-electron chi connectivity index (χ0n) is 16.0. The van der Waals surface area contributed by atoms with Crippen LogP contribution in [0, 0.1) is 0 Å². The van der Waals surface area contributed by atoms with Gasteiger partial charge in [-0.1, -0.05) is 43.3 Å². The number of amides is 2. The minimum atomic E-state index is -0.0621. The number of benzene rings is 2. The molecule has 0 bridgehead atoms. The van der Waals surface area contributed by atoms with Gasteiger partial charge in [0.1, 0.15) is 0 Å². The lowest BCUT2D eigenvalue weighted by Gasteiger charge is -2.36. The largest absolute Gasteiger partial charge is 0.352 e. The van der Waals surface area contributed by atoms with Crippen molar-refractivity contribution in [2.24, 2.45) is 0 Å². The van der Waals surface area contributed by atoms with Gasteiger partial charge in [0.2, 0.25) is 5.91 Å². The first-order valence-corrected chi connectivity index (χ1v) is 9.52. The van der Waals surface area contributed by atoms with Crippen molar-refractivity contribution in [3.63, 3.8) is 0 Å². The minimum absolute atomic E-state index is 0.0382. The predicted octanol–water partition coefficient (Wildman–Crippen LogP) is 2.67. The Balaban J connectivity index is 1.75. The van der Waals surface area contributed by atoms with Crippen LogP contribution < -0.4 is 10.6 Å². The molecule has 1 fully saturated rings. The zero-order chi connectivity index (χ0) is 19.2. The van der Waals surface area contributed by atoms with Crippen molar-refractivity contribution in [3.8, 4) is 0 Å². The zero-order valence-corrected chi connectivity index (χ0v) is 16.0. The normalized spacial score (nSPS) is 16.8. The van der Waals surface area contributed by atoms with Crippen LogP contribution in [-0.2, 0) is 17.8 Å². The van der Waals surface area contributed by atoms with E-state index in [0.29, 0.717) is 18.7 Å². The summed E-state index contributed by atoms with van der Waals surface area (Å²) in [6.45, 7) is 6.36. The van der Waals surface area contributed by atoms with Gasteiger partial charge in [0.25, 0.3) is 5.91 Å². The van der Waals surface area contributed by atoms with Crippen molar-refractivity contribution in [3.05, 3.63) is 70.8 Å². The molecule has 0 aromatic heterocycles. The third-order valence-corrected chi connectivity index (χ3v) is 5.02. The fourth-order valence-corrected chi connectivity index (χ4v) is 3.38. The number of rotatable bonds is 5. The summed E-state index contributed by atoms with van der Waals surface area (Å²) < 4.78 is 0. The van der Waals surface area contributed by atoms with Crippen molar-refractivity contribution < 1.29 is 9.59 Å². The number of piperazine rings is 1. The smallest absolute Gasteiger partial charge is 0.254 e. The van der Waals surface area contributed by atoms with Gasteiger partial charge in [0.15, 0.2) is 0 Å². The molecule has 1 atom stereocenters. The van der Waals surface area contributed by atoms with Crippen LogP contribution in [0.3, 0.4) is 0 Å². The third-order valence-electron chi connectivity index (χ3n) is 5.02. The molecule has 0 radical (unpaired) electrons. The van der Waals surface area contributed by atoms with Crippen LogP contribution in [0.25, 0.3) is 0 Å². The van der Waals surface area contributed by atoms with E-state index in [-0.39, 0.29) is 17.9 Å². The lowest BCUT2D eigenvalue weighted by Crippen LogP contribution is -2.48. The van der Waals surface area contributed by atoms with Crippen molar-refractivity contribution in [1.82, 2.24) is 15.5 Å². The third kappa shape index (κ3) is 4.74. The second kappa shape index (κ2) is 8.82. The molecule has 2 N–H and O–H groups in total. The summed E-state index contributed by atoms with van der Waals surface area (Å²) in [5.41, 5.74) is 4.12. The highest BCUT2D eigenvalue weighted by molar-refractivity contribution is 5.94. The number of aryl methyl sites for hydroxylation is 1. The number of carbonyl (C=O) groups excluding carboxylic acids is 2. The van der Waals surface area contributed by atoms with Crippen LogP contribution in [-0.4, -0.2) is 36.3 Å². The summed E-state index contributed by atoms with van der Waals surface area (Å²) in [6, 6.07) is 16.1. The predicted molar refractivity (Wildman–Crippen MR) is 106 cm³/mol. The summed E-state index contributed by atoms with van der Waals surface area (Å²) in [4.78, 5) is 26.1. The van der Waals surface area contributed by atoms with Crippen molar-refractivity contribution >= 4 is 11.8 Å². The van der Waals surface area contributed by atoms with Gasteiger partial charge in [-0.15, -0.1) is 0 Å². The SMILES string of the molecule is CCc1ccc(C2CNCCN2C(=O)c2ccc(CNC(C)=O)cc2)cc1. The molecule has 1 unspecified atom stereocenters. The van der Waals surface area contributed by atoms with Gasteiger partial charge < -0.3 is 15.5 Å². The van der Waals surface area contributed by atoms with Crippen LogP contribution >= 0.6 is 0 Å². The Morgan fingerprint density at radius 3 is 2.37 bits per heavy atom. The summed E-state index contributed by atoms with van der Waals surface area (Å²) in [7, 11) is 0. The minimum Gasteiger partial charge on any atom is -0.352 e. The van der Waals surface area contributed by atoms with E-state index in [1.165, 1.54) is 12.5 Å². The first-order chi connectivity index (χ1) is 13.1. The van der Waals surface area contributed by atoms with E-state index in [1.54, 1.807) is 0 Å². The average Bonchev–Trinajstić information content (AvgIpc) is 2.72. The summed E-state index contributed by atoms with van der Waals surface area (Å²) in [5.74, 6) is -0.0138. The standard InChI is InChI=1S/C22H27N3O2/c1-3-17-4-8-19(9-5-17)21-15-23-12-13-25(21)22(27)20-10-6-18(7-11-20)14-24-16(2)26/h4-11,21,23H,3,12-15H2,1-2H3,(H,24,26). The van der Waals surface area contributed by atoms with Gasteiger partial charge >= 0.3 is 0 Å². The van der Waals surface area contributed by atoms with Crippen LogP contribution in [0.15, 0.2) is 48.5 Å². The van der Waals surface area contributed by atoms with E-state index < -0.39 is 0 Å². The maximum absolute atomic E-state index is 13.1. The lowest BCUT2D eigenvalue weighted by molar-refractivity contribution is -0.119. The summed E-state index contributed by atoms with van der Waals surface area (Å²) >= 11 is 0. The van der Waals surface area contributed by atoms with E-state index in [4.69, 9.17) is 0 Å². The Morgan fingerprint density at radius 1 is 1.07 bits per heavy atom. The van der Waals surface area contributed by atoms with Crippen molar-refractivity contribution in [2.45, 2.75) is 32.9 Å². The van der Waals surface area contributed by atoms with Gasteiger partial charge in [-0.2, -0.15) is 0 Å². The van der Waals surface area contributed by atoms with Crippen LogP contribution in [0.5, 0.6) is 0 Å². The average molecular weight is 365 g/mol. The molecule has 142 valence electrons. The van der Waals surface area contributed by atoms with Gasteiger partial charge in [-0.25, -0.2) is 0 Å². The number of hydrogen-bond donors (Lipinski definition) is 2. The molecule has 1 aliphatic rings. The van der Waals surface area contributed by atoms with E-state index >= 15 is 0 Å². The maximum Gasteiger partial charge on any atom is 0.254 e. The van der Waals surface area contributed by atoms with Crippen LogP contribution in [0.1, 0.15) is 46.9 Å². The molecule has 27 heavy (non-hydrogen) atoms. The fraction of sp³-hybridized carbons (Fsp3) is 0.364. The molecule has 2 aromatic rings. The fourth-order valence-electron chi connectivity index (χ4n) is 3.38. The first kappa shape index (κ1) is 19.1. The Labute approximate surface area is 160 Å². The molecule has 1 aliphatic heterocycles. The van der Waals surface area contributed by atoms with Crippen molar-refractivity contribution in [2.75, 3.05) is 19.6 Å². The molecule has 3 rings (SSSR count). The highest BCUT2D eigenvalue weighted by atomic mass is 16.2. The summed E-state index contributed by atoms with van der Waals surface area (Å²) in [6.07, 6.45) is 1.01. The number of hydrogen-bond acceptors (Lipinski definition) is 3. The quantitative estimate of drug-likeness (QED) is 0.856. The second-order valence-electron chi connectivity index (χ2n) is 6.92. The maximum atomic E-state index is 13.1. The van der Waals surface area contributed by atoms with E-state index in [9.17, 15) is 9.59 Å². The topological polar surface area (TPSA) is 61.4 Å². The Kier molecular flexibility index (Phi) is 6.24. The van der Waals surface area contributed by atoms with E-state index in [0.717, 1.165) is 30.6 Å². The van der Waals surface area contributed by atoms with E-state index in [2.05, 4.69) is 41.8 Å². The van der Waals surface area contributed by atoms with Gasteiger partial charge in [-0.05, 0) is 35.2 Å². The molecule has 0 spiro atoms. The molecular weight excluding hydrogens is 338 g/mol. The summed E-state index contributed by atoms with van der Waals surface area (Å²) in [5, 5.41) is 6.17. The number of carbonyl (C=O) groups is 2. The first-order valence-electron chi connectivity index (χ1n) is 9.52. The number of nitrogens with zero attached hydrogens (tertiary/aromatic N) is 1. The van der Waals surface area contributed by atoms with Crippen LogP contribution in [0.4, 0.5) is 0 Å². The van der Waals surface area contributed by atoms with E-state index in [1.807, 2.05) is 29.2 Å². The van der Waals surface area contributed by atoms with Gasteiger partial charge in [0.05, 0.1) is 6.04 Å². The Morgan fingerprint density at radius 2 is 1.74 bits per heavy atom. The Hall–Kier alpha value is -2.66. The highest BCUT2D eigenvalue weighted by Crippen LogP contribution is 2.25. The molecule has 0 saturated carbocycles. The molecule has 5 nitrogen and oxygen atoms in total. The molecular formula is C22H27N3O2. The van der Waals surface area contributed by atoms with Gasteiger partial charge in [-0.3, -0.25) is 9.59 Å². The monoisotopic (exact) mass is 365 g/mol. The van der Waals surface area contributed by atoms with Crippen LogP contribution in [0.2, 0.25) is 0 Å². The molecule has 1 heterocycles. The molecule has 2 aromatic carbocycles. The molecule has 0 aliphatic carbocycles. The van der Waals surface area contributed by atoms with Gasteiger partial charge in [0, 0.05) is 38.7 Å². The second-order valence-corrected chi connectivity index (χ2v) is 6.92. The lowest BCUT2D eigenvalue weighted by atomic mass is 9.99. The molecule has 1 saturated heterocycles. The Bertz CT molecular complexity index is 784. The van der Waals surface area contributed by atoms with Crippen molar-refractivity contribution in [1.29, 1.82) is 0 Å². The number of nitrogens with one attached hydrogen (secondary N) is 2.